The minimum atomic E-state index is 0.472. The van der Waals surface area contributed by atoms with E-state index in [9.17, 15) is 0 Å². The first-order valence-electron chi connectivity index (χ1n) is 6.51. The van der Waals surface area contributed by atoms with Crippen LogP contribution in [0, 0.1) is 5.41 Å². The number of pyridine rings is 1. The summed E-state index contributed by atoms with van der Waals surface area (Å²) in [6.45, 7) is 7.50. The van der Waals surface area contributed by atoms with E-state index in [-0.39, 0.29) is 0 Å². The third-order valence-corrected chi connectivity index (χ3v) is 3.74. The smallest absolute Gasteiger partial charge is 0.0772 e. The Morgan fingerprint density at radius 2 is 2.18 bits per heavy atom. The third-order valence-electron chi connectivity index (χ3n) is 3.74. The molecule has 0 atom stereocenters. The molecule has 1 aliphatic rings. The summed E-state index contributed by atoms with van der Waals surface area (Å²) in [7, 11) is 0. The number of nitrogens with two attached hydrogens (primary N) is 1. The lowest BCUT2D eigenvalue weighted by atomic mass is 9.85. The second kappa shape index (κ2) is 5.05. The molecular weight excluding hydrogens is 210 g/mol. The molecule has 0 unspecified atom stereocenters. The Morgan fingerprint density at radius 3 is 2.94 bits per heavy atom. The first kappa shape index (κ1) is 12.4. The van der Waals surface area contributed by atoms with Gasteiger partial charge in [-0.1, -0.05) is 13.8 Å². The summed E-state index contributed by atoms with van der Waals surface area (Å²) in [6.07, 6.45) is 5.63. The van der Waals surface area contributed by atoms with Gasteiger partial charge >= 0.3 is 0 Å². The topological polar surface area (TPSA) is 42.2 Å². The van der Waals surface area contributed by atoms with Crippen LogP contribution in [-0.2, 0) is 6.54 Å². The minimum Gasteiger partial charge on any atom is -0.370 e. The van der Waals surface area contributed by atoms with Crippen LogP contribution in [-0.4, -0.2) is 18.1 Å². The molecule has 3 heteroatoms. The van der Waals surface area contributed by atoms with Crippen LogP contribution in [0.1, 0.15) is 38.8 Å². The van der Waals surface area contributed by atoms with Gasteiger partial charge in [-0.05, 0) is 36.8 Å². The number of aromatic nitrogens is 1. The van der Waals surface area contributed by atoms with Crippen LogP contribution in [0.15, 0.2) is 18.3 Å². The van der Waals surface area contributed by atoms with Gasteiger partial charge in [-0.3, -0.25) is 4.98 Å². The lowest BCUT2D eigenvalue weighted by Gasteiger charge is -2.26. The van der Waals surface area contributed by atoms with E-state index in [0.717, 1.165) is 18.8 Å². The summed E-state index contributed by atoms with van der Waals surface area (Å²) in [5.74, 6) is 0. The molecule has 0 radical (unpaired) electrons. The van der Waals surface area contributed by atoms with Crippen molar-refractivity contribution in [3.8, 4) is 0 Å². The third kappa shape index (κ3) is 2.97. The number of nitrogens with zero attached hydrogens (tertiary/aromatic N) is 2. The van der Waals surface area contributed by atoms with E-state index in [0.29, 0.717) is 12.0 Å². The van der Waals surface area contributed by atoms with Crippen LogP contribution >= 0.6 is 0 Å². The van der Waals surface area contributed by atoms with E-state index in [2.05, 4.69) is 29.8 Å². The highest BCUT2D eigenvalue weighted by Gasteiger charge is 2.23. The van der Waals surface area contributed by atoms with Crippen LogP contribution in [0.2, 0.25) is 0 Å². The largest absolute Gasteiger partial charge is 0.370 e. The fourth-order valence-corrected chi connectivity index (χ4v) is 2.54. The lowest BCUT2D eigenvalue weighted by molar-refractivity contribution is 0.325. The molecular formula is C14H23N3. The first-order chi connectivity index (χ1) is 8.12. The average molecular weight is 233 g/mol. The van der Waals surface area contributed by atoms with Gasteiger partial charge in [0, 0.05) is 25.8 Å². The van der Waals surface area contributed by atoms with E-state index < -0.39 is 0 Å². The highest BCUT2D eigenvalue weighted by atomic mass is 15.1. The summed E-state index contributed by atoms with van der Waals surface area (Å²) in [6, 6.07) is 4.15. The maximum Gasteiger partial charge on any atom is 0.0772 e. The molecule has 0 amide bonds. The van der Waals surface area contributed by atoms with Crippen LogP contribution < -0.4 is 10.6 Å². The minimum absolute atomic E-state index is 0.472. The monoisotopic (exact) mass is 233 g/mol. The first-order valence-corrected chi connectivity index (χ1v) is 6.51. The van der Waals surface area contributed by atoms with Crippen molar-refractivity contribution in [2.75, 3.05) is 18.0 Å². The summed E-state index contributed by atoms with van der Waals surface area (Å²) in [4.78, 5) is 6.82. The van der Waals surface area contributed by atoms with Crippen molar-refractivity contribution in [3.63, 3.8) is 0 Å². The maximum atomic E-state index is 5.76. The molecule has 0 aromatic carbocycles. The standard InChI is InChI=1S/C14H23N3/c1-14(2)6-4-9-17(10-7-14)13-5-3-8-16-12(13)11-15/h3,5,8H,4,6-7,9-11,15H2,1-2H3. The fraction of sp³-hybridized carbons (Fsp3) is 0.643. The maximum absolute atomic E-state index is 5.76. The van der Waals surface area contributed by atoms with Crippen LogP contribution in [0.25, 0.3) is 0 Å². The summed E-state index contributed by atoms with van der Waals surface area (Å²) in [5.41, 5.74) is 8.48. The normalized spacial score (nSPS) is 20.1. The molecule has 1 saturated heterocycles. The molecule has 17 heavy (non-hydrogen) atoms. The van der Waals surface area contributed by atoms with E-state index in [1.165, 1.54) is 24.9 Å². The Hall–Kier alpha value is -1.09. The van der Waals surface area contributed by atoms with Crippen molar-refractivity contribution in [1.29, 1.82) is 0 Å². The van der Waals surface area contributed by atoms with Crippen molar-refractivity contribution in [1.82, 2.24) is 4.98 Å². The summed E-state index contributed by atoms with van der Waals surface area (Å²) < 4.78 is 0. The van der Waals surface area contributed by atoms with Gasteiger partial charge in [-0.15, -0.1) is 0 Å². The van der Waals surface area contributed by atoms with Gasteiger partial charge in [0.05, 0.1) is 11.4 Å². The number of anilines is 1. The Bertz CT molecular complexity index is 373. The van der Waals surface area contributed by atoms with Gasteiger partial charge in [0.25, 0.3) is 0 Å². The molecule has 2 N–H and O–H groups in total. The summed E-state index contributed by atoms with van der Waals surface area (Å²) >= 11 is 0. The molecule has 2 heterocycles. The van der Waals surface area contributed by atoms with Crippen molar-refractivity contribution >= 4 is 5.69 Å². The van der Waals surface area contributed by atoms with Crippen molar-refractivity contribution in [3.05, 3.63) is 24.0 Å². The Morgan fingerprint density at radius 1 is 1.35 bits per heavy atom. The van der Waals surface area contributed by atoms with Crippen LogP contribution in [0.5, 0.6) is 0 Å². The van der Waals surface area contributed by atoms with Gasteiger partial charge in [0.1, 0.15) is 0 Å². The van der Waals surface area contributed by atoms with Gasteiger partial charge in [0.2, 0.25) is 0 Å². The molecule has 94 valence electrons. The molecule has 0 spiro atoms. The summed E-state index contributed by atoms with van der Waals surface area (Å²) in [5, 5.41) is 0. The van der Waals surface area contributed by atoms with Gasteiger partial charge < -0.3 is 10.6 Å². The SMILES string of the molecule is CC1(C)CCCN(c2cccnc2CN)CC1. The zero-order valence-electron chi connectivity index (χ0n) is 10.9. The number of rotatable bonds is 2. The van der Waals surface area contributed by atoms with E-state index >= 15 is 0 Å². The van der Waals surface area contributed by atoms with Crippen molar-refractivity contribution in [2.45, 2.75) is 39.7 Å². The molecule has 0 aliphatic carbocycles. The van der Waals surface area contributed by atoms with E-state index in [4.69, 9.17) is 5.73 Å². The predicted octanol–water partition coefficient (Wildman–Crippen LogP) is 2.56. The molecule has 1 aromatic heterocycles. The van der Waals surface area contributed by atoms with Crippen molar-refractivity contribution in [2.24, 2.45) is 11.1 Å². The lowest BCUT2D eigenvalue weighted by Crippen LogP contribution is -2.26. The van der Waals surface area contributed by atoms with Crippen LogP contribution in [0.4, 0.5) is 5.69 Å². The highest BCUT2D eigenvalue weighted by molar-refractivity contribution is 5.50. The average Bonchev–Trinajstić information content (AvgIpc) is 2.50. The zero-order valence-corrected chi connectivity index (χ0v) is 10.9. The Balaban J connectivity index is 2.17. The molecule has 1 aliphatic heterocycles. The predicted molar refractivity (Wildman–Crippen MR) is 72.0 cm³/mol. The number of hydrogen-bond donors (Lipinski definition) is 1. The number of hydrogen-bond acceptors (Lipinski definition) is 3. The highest BCUT2D eigenvalue weighted by Crippen LogP contribution is 2.32. The second-order valence-corrected chi connectivity index (χ2v) is 5.68. The van der Waals surface area contributed by atoms with Gasteiger partial charge in [-0.2, -0.15) is 0 Å². The fourth-order valence-electron chi connectivity index (χ4n) is 2.54. The Kier molecular flexibility index (Phi) is 3.67. The molecule has 3 nitrogen and oxygen atoms in total. The van der Waals surface area contributed by atoms with Crippen molar-refractivity contribution < 1.29 is 0 Å². The van der Waals surface area contributed by atoms with Gasteiger partial charge in [-0.25, -0.2) is 0 Å². The molecule has 0 bridgehead atoms. The molecule has 1 aromatic rings. The van der Waals surface area contributed by atoms with E-state index in [1.54, 1.807) is 0 Å². The second-order valence-electron chi connectivity index (χ2n) is 5.68. The van der Waals surface area contributed by atoms with Gasteiger partial charge in [0.15, 0.2) is 0 Å². The van der Waals surface area contributed by atoms with E-state index in [1.807, 2.05) is 12.3 Å². The van der Waals surface area contributed by atoms with Crippen LogP contribution in [0.3, 0.4) is 0 Å². The molecule has 0 saturated carbocycles. The molecule has 1 fully saturated rings. The quantitative estimate of drug-likeness (QED) is 0.853. The molecule has 2 rings (SSSR count). The zero-order chi connectivity index (χ0) is 12.3. The Labute approximate surface area is 104 Å².